The highest BCUT2D eigenvalue weighted by Gasteiger charge is 2.23. The number of amides is 1. The summed E-state index contributed by atoms with van der Waals surface area (Å²) in [5.41, 5.74) is 1.09. The molecule has 0 radical (unpaired) electrons. The third-order valence-corrected chi connectivity index (χ3v) is 9.80. The van der Waals surface area contributed by atoms with Crippen LogP contribution in [0.1, 0.15) is 72.6 Å². The molecule has 54 heavy (non-hydrogen) atoms. The fourth-order valence-electron chi connectivity index (χ4n) is 6.68. The number of anilines is 1. The van der Waals surface area contributed by atoms with Crippen LogP contribution in [0.15, 0.2) is 36.9 Å². The number of carbonyl (C=O) groups excluding carboxylic acids is 1. The van der Waals surface area contributed by atoms with Crippen molar-refractivity contribution in [2.75, 3.05) is 66.1 Å². The number of hydrogen-bond acceptors (Lipinski definition) is 12. The lowest BCUT2D eigenvalue weighted by Gasteiger charge is -2.33. The van der Waals surface area contributed by atoms with E-state index >= 15 is 0 Å². The first-order valence-electron chi connectivity index (χ1n) is 18.8. The first-order chi connectivity index (χ1) is 26.0. The summed E-state index contributed by atoms with van der Waals surface area (Å²) >= 11 is 5.93. The number of rotatable bonds is 10. The van der Waals surface area contributed by atoms with E-state index in [4.69, 9.17) is 35.3 Å². The van der Waals surface area contributed by atoms with Crippen LogP contribution in [0.4, 0.5) is 10.6 Å². The van der Waals surface area contributed by atoms with Gasteiger partial charge in [-0.3, -0.25) is 0 Å². The molecule has 0 atom stereocenters. The highest BCUT2D eigenvalue weighted by molar-refractivity contribution is 6.34. The summed E-state index contributed by atoms with van der Waals surface area (Å²) < 4.78 is 26.4. The molecule has 14 heteroatoms. The molecule has 296 valence electrons. The first-order valence-corrected chi connectivity index (χ1v) is 19.2. The molecule has 2 aromatic heterocycles. The van der Waals surface area contributed by atoms with E-state index in [-0.39, 0.29) is 6.09 Å². The van der Waals surface area contributed by atoms with E-state index in [1.165, 1.54) is 45.1 Å². The predicted octanol–water partition coefficient (Wildman–Crippen LogP) is 7.86. The number of methoxy groups -OCH3 is 4. The third-order valence-electron chi connectivity index (χ3n) is 9.50. The van der Waals surface area contributed by atoms with Crippen LogP contribution in [0.3, 0.4) is 0 Å². The number of halogens is 1. The Morgan fingerprint density at radius 3 is 1.85 bits per heavy atom. The van der Waals surface area contributed by atoms with E-state index in [1.54, 1.807) is 46.9 Å². The quantitative estimate of drug-likeness (QED) is 0.152. The number of alkyl carbamates (subject to hydrolysis) is 1. The molecule has 0 spiro atoms. The summed E-state index contributed by atoms with van der Waals surface area (Å²) in [6.07, 6.45) is 11.3. The van der Waals surface area contributed by atoms with Crippen LogP contribution in [0, 0.1) is 11.8 Å². The van der Waals surface area contributed by atoms with Gasteiger partial charge in [-0.05, 0) is 89.9 Å². The normalized spacial score (nSPS) is 15.0. The second-order valence-corrected chi connectivity index (χ2v) is 14.8. The minimum Gasteiger partial charge on any atom is -0.493 e. The Balaban J connectivity index is 0.000000222. The molecule has 0 unspecified atom stereocenters. The average Bonchev–Trinajstić information content (AvgIpc) is 3.17. The van der Waals surface area contributed by atoms with Crippen molar-refractivity contribution < 1.29 is 28.5 Å². The maximum absolute atomic E-state index is 11.8. The number of fused-ring (bicyclic) bond motifs is 2. The van der Waals surface area contributed by atoms with Gasteiger partial charge in [0, 0.05) is 42.5 Å². The fourth-order valence-corrected chi connectivity index (χ4v) is 6.87. The molecule has 0 aliphatic carbocycles. The number of carbonyl (C=O) groups is 1. The van der Waals surface area contributed by atoms with Gasteiger partial charge in [-0.25, -0.2) is 24.7 Å². The molecule has 6 rings (SSSR count). The van der Waals surface area contributed by atoms with E-state index < -0.39 is 5.60 Å². The number of hydrogen-bond donors (Lipinski definition) is 2. The summed E-state index contributed by atoms with van der Waals surface area (Å²) in [6.45, 7) is 12.8. The van der Waals surface area contributed by atoms with Crippen molar-refractivity contribution in [1.82, 2.24) is 30.6 Å². The van der Waals surface area contributed by atoms with Gasteiger partial charge in [0.1, 0.15) is 29.2 Å². The Labute approximate surface area is 324 Å². The van der Waals surface area contributed by atoms with Crippen molar-refractivity contribution in [1.29, 1.82) is 0 Å². The molecule has 2 fully saturated rings. The second-order valence-electron chi connectivity index (χ2n) is 14.4. The lowest BCUT2D eigenvalue weighted by Crippen LogP contribution is -2.37. The van der Waals surface area contributed by atoms with Crippen molar-refractivity contribution in [3.05, 3.63) is 42.1 Å². The minimum atomic E-state index is -0.470. The van der Waals surface area contributed by atoms with Crippen molar-refractivity contribution in [3.8, 4) is 23.0 Å². The van der Waals surface area contributed by atoms with Crippen molar-refractivity contribution in [2.24, 2.45) is 11.8 Å². The highest BCUT2D eigenvalue weighted by Crippen LogP contribution is 2.36. The number of piperidine rings is 2. The number of ether oxygens (including phenoxy) is 5. The maximum atomic E-state index is 11.8. The lowest BCUT2D eigenvalue weighted by atomic mass is 9.93. The number of nitrogens with zero attached hydrogens (tertiary/aromatic N) is 5. The van der Waals surface area contributed by atoms with Gasteiger partial charge in [0.25, 0.3) is 0 Å². The third kappa shape index (κ3) is 12.3. The average molecular weight is 768 g/mol. The molecule has 2 aliphatic heterocycles. The smallest absolute Gasteiger partial charge is 0.407 e. The van der Waals surface area contributed by atoms with Gasteiger partial charge in [-0.2, -0.15) is 0 Å². The lowest BCUT2D eigenvalue weighted by molar-refractivity contribution is 0.0524. The van der Waals surface area contributed by atoms with Gasteiger partial charge < -0.3 is 39.2 Å². The summed E-state index contributed by atoms with van der Waals surface area (Å²) in [6, 6.07) is 7.35. The highest BCUT2D eigenvalue weighted by atomic mass is 35.5. The molecular weight excluding hydrogens is 710 g/mol. The standard InChI is InChI=1S/C22H32N4O4.C10H9ClN2O2.C8H17N/c1-22(2,3)30-21(27)23-9-6-15-7-10-26(11-8-15)20-16-12-18(28-4)19(29-5)13-17(16)24-14-25-20;1-14-8-3-6-7(4-9(8)15-2)12-5-13-10(6)11;1-2-3-8-4-6-9-7-5-8/h12-15H,6-11H2,1-5H3,(H,23,27);3-5H,1-2H3;8-9H,2-7H2,1H3. The van der Waals surface area contributed by atoms with E-state index in [2.05, 4.69) is 42.4 Å². The van der Waals surface area contributed by atoms with Gasteiger partial charge in [-0.1, -0.05) is 31.4 Å². The van der Waals surface area contributed by atoms with E-state index in [0.29, 0.717) is 40.6 Å². The van der Waals surface area contributed by atoms with Crippen LogP contribution in [-0.2, 0) is 4.74 Å². The fraction of sp³-hybridized carbons (Fsp3) is 0.575. The molecule has 4 aromatic rings. The van der Waals surface area contributed by atoms with Crippen molar-refractivity contribution >= 4 is 45.3 Å². The predicted molar refractivity (Wildman–Crippen MR) is 215 cm³/mol. The zero-order valence-corrected chi connectivity index (χ0v) is 33.9. The SMILES string of the molecule is CCCC1CCNCC1.COc1cc2ncnc(Cl)c2cc1OC.COc1cc2ncnc(N3CCC(CCNC(=O)OC(C)(C)C)CC3)c2cc1OC. The first kappa shape index (κ1) is 42.4. The minimum absolute atomic E-state index is 0.350. The molecule has 13 nitrogen and oxygen atoms in total. The Kier molecular flexibility index (Phi) is 16.4. The molecule has 2 aromatic carbocycles. The zero-order valence-electron chi connectivity index (χ0n) is 33.2. The van der Waals surface area contributed by atoms with Crippen LogP contribution in [0.25, 0.3) is 21.8 Å². The molecule has 1 amide bonds. The Hall–Kier alpha value is -4.36. The van der Waals surface area contributed by atoms with Gasteiger partial charge >= 0.3 is 6.09 Å². The number of benzene rings is 2. The molecule has 0 bridgehead atoms. The van der Waals surface area contributed by atoms with Gasteiger partial charge in [0.15, 0.2) is 23.0 Å². The van der Waals surface area contributed by atoms with E-state index in [0.717, 1.165) is 65.9 Å². The molecule has 2 N–H and O–H groups in total. The van der Waals surface area contributed by atoms with E-state index in [9.17, 15) is 4.79 Å². The molecule has 0 saturated carbocycles. The van der Waals surface area contributed by atoms with Crippen LogP contribution in [-0.4, -0.2) is 92.8 Å². The number of aromatic nitrogens is 4. The molecule has 2 aliphatic rings. The van der Waals surface area contributed by atoms with Gasteiger partial charge in [0.2, 0.25) is 0 Å². The van der Waals surface area contributed by atoms with Crippen LogP contribution >= 0.6 is 11.6 Å². The summed E-state index contributed by atoms with van der Waals surface area (Å²) in [7, 11) is 6.39. The second kappa shape index (κ2) is 20.9. The summed E-state index contributed by atoms with van der Waals surface area (Å²) in [5.74, 6) is 5.10. The molecule has 4 heterocycles. The Morgan fingerprint density at radius 2 is 1.30 bits per heavy atom. The molecular formula is C40H58ClN7O6. The Bertz CT molecular complexity index is 1770. The topological polar surface area (TPSA) is 142 Å². The van der Waals surface area contributed by atoms with Crippen LogP contribution in [0.5, 0.6) is 23.0 Å². The monoisotopic (exact) mass is 767 g/mol. The van der Waals surface area contributed by atoms with E-state index in [1.807, 2.05) is 32.9 Å². The zero-order chi connectivity index (χ0) is 39.1. The number of nitrogens with one attached hydrogen (secondary N) is 2. The Morgan fingerprint density at radius 1 is 0.778 bits per heavy atom. The van der Waals surface area contributed by atoms with Gasteiger partial charge in [0.05, 0.1) is 39.5 Å². The maximum Gasteiger partial charge on any atom is 0.407 e. The van der Waals surface area contributed by atoms with Crippen molar-refractivity contribution in [2.45, 2.75) is 78.2 Å². The van der Waals surface area contributed by atoms with Crippen LogP contribution < -0.4 is 34.5 Å². The van der Waals surface area contributed by atoms with Crippen LogP contribution in [0.2, 0.25) is 5.15 Å². The largest absolute Gasteiger partial charge is 0.493 e. The summed E-state index contributed by atoms with van der Waals surface area (Å²) in [4.78, 5) is 31.0. The van der Waals surface area contributed by atoms with Crippen molar-refractivity contribution in [3.63, 3.8) is 0 Å². The van der Waals surface area contributed by atoms with Gasteiger partial charge in [-0.15, -0.1) is 0 Å². The summed E-state index contributed by atoms with van der Waals surface area (Å²) in [5, 5.41) is 8.34. The molecule has 2 saturated heterocycles.